The van der Waals surface area contributed by atoms with Gasteiger partial charge in [0, 0.05) is 17.1 Å². The van der Waals surface area contributed by atoms with E-state index >= 15 is 0 Å². The smallest absolute Gasteiger partial charge is 0.259 e. The summed E-state index contributed by atoms with van der Waals surface area (Å²) in [7, 11) is -3.47. The standard InChI is InChI=1S/C16H16FN5O3S2/c1-9-8-13(10(2)22(9)12-6-4-11(17)5-7-12)14(23)18-15-19-20-16(26-15)21-27(3,24)25/h4-8H,1-3H3,(H,20,21)(H,18,19,23). The van der Waals surface area contributed by atoms with Gasteiger partial charge in [-0.25, -0.2) is 12.8 Å². The summed E-state index contributed by atoms with van der Waals surface area (Å²) in [6.07, 6.45) is 0.997. The molecule has 0 aliphatic carbocycles. The molecule has 3 aromatic rings. The van der Waals surface area contributed by atoms with Gasteiger partial charge in [-0.05, 0) is 44.2 Å². The highest BCUT2D eigenvalue weighted by atomic mass is 32.2. The molecule has 1 aromatic carbocycles. The van der Waals surface area contributed by atoms with E-state index in [1.54, 1.807) is 25.1 Å². The highest BCUT2D eigenvalue weighted by Gasteiger charge is 2.18. The maximum absolute atomic E-state index is 13.2. The topological polar surface area (TPSA) is 106 Å². The van der Waals surface area contributed by atoms with Crippen molar-refractivity contribution in [1.29, 1.82) is 0 Å². The van der Waals surface area contributed by atoms with E-state index in [1.165, 1.54) is 12.1 Å². The number of nitrogens with one attached hydrogen (secondary N) is 2. The summed E-state index contributed by atoms with van der Waals surface area (Å²) in [6, 6.07) is 7.68. The van der Waals surface area contributed by atoms with Crippen molar-refractivity contribution in [2.75, 3.05) is 16.3 Å². The van der Waals surface area contributed by atoms with Gasteiger partial charge in [-0.2, -0.15) is 0 Å². The first-order valence-corrected chi connectivity index (χ1v) is 10.4. The Morgan fingerprint density at radius 2 is 1.78 bits per heavy atom. The minimum Gasteiger partial charge on any atom is -0.318 e. The van der Waals surface area contributed by atoms with Crippen molar-refractivity contribution in [3.05, 3.63) is 53.1 Å². The molecule has 0 radical (unpaired) electrons. The second-order valence-corrected chi connectivity index (χ2v) is 8.56. The Morgan fingerprint density at radius 1 is 1.15 bits per heavy atom. The Kier molecular flexibility index (Phi) is 4.98. The van der Waals surface area contributed by atoms with E-state index in [4.69, 9.17) is 0 Å². The molecule has 0 aliphatic rings. The normalized spacial score (nSPS) is 11.4. The summed E-state index contributed by atoms with van der Waals surface area (Å²) in [4.78, 5) is 12.6. The lowest BCUT2D eigenvalue weighted by atomic mass is 10.2. The second-order valence-electron chi connectivity index (χ2n) is 5.84. The first-order valence-electron chi connectivity index (χ1n) is 7.71. The van der Waals surface area contributed by atoms with Crippen LogP contribution in [0.1, 0.15) is 21.7 Å². The number of aryl methyl sites for hydroxylation is 1. The first-order chi connectivity index (χ1) is 12.6. The van der Waals surface area contributed by atoms with Crippen LogP contribution in [0.4, 0.5) is 14.7 Å². The molecular formula is C16H16FN5O3S2. The van der Waals surface area contributed by atoms with E-state index in [0.717, 1.165) is 29.0 Å². The number of hydrogen-bond donors (Lipinski definition) is 2. The van der Waals surface area contributed by atoms with Crippen LogP contribution >= 0.6 is 11.3 Å². The Bertz CT molecular complexity index is 1100. The lowest BCUT2D eigenvalue weighted by Gasteiger charge is -2.09. The zero-order valence-electron chi connectivity index (χ0n) is 14.6. The number of anilines is 2. The van der Waals surface area contributed by atoms with Crippen molar-refractivity contribution >= 4 is 37.5 Å². The number of nitrogens with zero attached hydrogens (tertiary/aromatic N) is 3. The minimum absolute atomic E-state index is 0.0598. The number of hydrogen-bond acceptors (Lipinski definition) is 6. The largest absolute Gasteiger partial charge is 0.318 e. The Labute approximate surface area is 159 Å². The number of sulfonamides is 1. The molecule has 0 aliphatic heterocycles. The summed E-state index contributed by atoms with van der Waals surface area (Å²) >= 11 is 0.905. The fourth-order valence-corrected chi connectivity index (χ4v) is 4.09. The Morgan fingerprint density at radius 3 is 2.41 bits per heavy atom. The number of halogens is 1. The molecule has 0 unspecified atom stereocenters. The lowest BCUT2D eigenvalue weighted by Crippen LogP contribution is -2.13. The van der Waals surface area contributed by atoms with Gasteiger partial charge >= 0.3 is 0 Å². The summed E-state index contributed by atoms with van der Waals surface area (Å²) in [5.41, 5.74) is 2.64. The molecular weight excluding hydrogens is 393 g/mol. The average molecular weight is 409 g/mol. The second kappa shape index (κ2) is 7.08. The Balaban J connectivity index is 1.84. The lowest BCUT2D eigenvalue weighted by molar-refractivity contribution is 0.102. The van der Waals surface area contributed by atoms with E-state index in [-0.39, 0.29) is 16.1 Å². The number of rotatable bonds is 5. The van der Waals surface area contributed by atoms with Gasteiger partial charge in [-0.1, -0.05) is 11.3 Å². The fraction of sp³-hybridized carbons (Fsp3) is 0.188. The van der Waals surface area contributed by atoms with Gasteiger partial charge in [-0.15, -0.1) is 10.2 Å². The highest BCUT2D eigenvalue weighted by molar-refractivity contribution is 7.92. The van der Waals surface area contributed by atoms with Crippen LogP contribution < -0.4 is 10.0 Å². The van der Waals surface area contributed by atoms with E-state index in [0.29, 0.717) is 11.3 Å². The maximum atomic E-state index is 13.2. The maximum Gasteiger partial charge on any atom is 0.259 e. The number of aromatic nitrogens is 3. The van der Waals surface area contributed by atoms with E-state index in [9.17, 15) is 17.6 Å². The molecule has 11 heteroatoms. The number of carbonyl (C=O) groups is 1. The fourth-order valence-electron chi connectivity index (χ4n) is 2.62. The number of amides is 1. The van der Waals surface area contributed by atoms with Crippen molar-refractivity contribution in [2.45, 2.75) is 13.8 Å². The first kappa shape index (κ1) is 19.0. The van der Waals surface area contributed by atoms with Crippen molar-refractivity contribution in [3.63, 3.8) is 0 Å². The summed E-state index contributed by atoms with van der Waals surface area (Å²) in [5, 5.41) is 10.3. The predicted molar refractivity (Wildman–Crippen MR) is 102 cm³/mol. The van der Waals surface area contributed by atoms with Gasteiger partial charge in [0.25, 0.3) is 5.91 Å². The zero-order chi connectivity index (χ0) is 19.8. The number of carbonyl (C=O) groups excluding carboxylic acids is 1. The van der Waals surface area contributed by atoms with Gasteiger partial charge in [0.1, 0.15) is 5.82 Å². The molecule has 2 N–H and O–H groups in total. The quantitative estimate of drug-likeness (QED) is 0.674. The molecule has 3 rings (SSSR count). The van der Waals surface area contributed by atoms with E-state index in [1.807, 2.05) is 11.5 Å². The molecule has 1 amide bonds. The molecule has 0 saturated heterocycles. The molecule has 2 aromatic heterocycles. The molecule has 2 heterocycles. The highest BCUT2D eigenvalue weighted by Crippen LogP contribution is 2.24. The van der Waals surface area contributed by atoms with Gasteiger partial charge in [0.15, 0.2) is 0 Å². The Hall–Kier alpha value is -2.79. The van der Waals surface area contributed by atoms with Gasteiger partial charge in [0.05, 0.1) is 11.8 Å². The van der Waals surface area contributed by atoms with Crippen LogP contribution in [0.5, 0.6) is 0 Å². The van der Waals surface area contributed by atoms with Crippen LogP contribution in [0.3, 0.4) is 0 Å². The van der Waals surface area contributed by atoms with E-state index < -0.39 is 15.9 Å². The van der Waals surface area contributed by atoms with Gasteiger partial charge in [0.2, 0.25) is 20.3 Å². The minimum atomic E-state index is -3.47. The van der Waals surface area contributed by atoms with Crippen LogP contribution in [-0.4, -0.2) is 35.3 Å². The zero-order valence-corrected chi connectivity index (χ0v) is 16.3. The molecule has 0 spiro atoms. The van der Waals surface area contributed by atoms with E-state index in [2.05, 4.69) is 20.2 Å². The monoisotopic (exact) mass is 409 g/mol. The molecule has 0 saturated carbocycles. The van der Waals surface area contributed by atoms with Crippen LogP contribution in [0.15, 0.2) is 30.3 Å². The van der Waals surface area contributed by atoms with Crippen molar-refractivity contribution < 1.29 is 17.6 Å². The van der Waals surface area contributed by atoms with Crippen LogP contribution in [0.25, 0.3) is 5.69 Å². The molecule has 8 nitrogen and oxygen atoms in total. The van der Waals surface area contributed by atoms with Crippen molar-refractivity contribution in [3.8, 4) is 5.69 Å². The van der Waals surface area contributed by atoms with Crippen molar-refractivity contribution in [2.24, 2.45) is 0 Å². The third-order valence-corrected chi connectivity index (χ3v) is 5.13. The van der Waals surface area contributed by atoms with Gasteiger partial charge in [-0.3, -0.25) is 14.8 Å². The summed E-state index contributed by atoms with van der Waals surface area (Å²) < 4.78 is 39.6. The summed E-state index contributed by atoms with van der Waals surface area (Å²) in [6.45, 7) is 3.62. The molecule has 142 valence electrons. The summed E-state index contributed by atoms with van der Waals surface area (Å²) in [5.74, 6) is -0.743. The third kappa shape index (κ3) is 4.31. The van der Waals surface area contributed by atoms with Crippen LogP contribution in [-0.2, 0) is 10.0 Å². The van der Waals surface area contributed by atoms with Crippen LogP contribution in [0.2, 0.25) is 0 Å². The molecule has 0 fully saturated rings. The third-order valence-electron chi connectivity index (χ3n) is 3.68. The molecule has 0 bridgehead atoms. The SMILES string of the molecule is Cc1cc(C(=O)Nc2nnc(NS(C)(=O)=O)s2)c(C)n1-c1ccc(F)cc1. The molecule has 0 atom stereocenters. The predicted octanol–water partition coefficient (Wildman–Crippen LogP) is 2.71. The van der Waals surface area contributed by atoms with Crippen molar-refractivity contribution in [1.82, 2.24) is 14.8 Å². The average Bonchev–Trinajstić information content (AvgIpc) is 3.11. The number of benzene rings is 1. The van der Waals surface area contributed by atoms with Gasteiger partial charge < -0.3 is 4.57 Å². The molecule has 27 heavy (non-hydrogen) atoms. The van der Waals surface area contributed by atoms with Crippen LogP contribution in [0, 0.1) is 19.7 Å².